The molecule has 0 fully saturated rings. The molecule has 0 aliphatic heterocycles. The molecule has 0 spiro atoms. The van der Waals surface area contributed by atoms with Crippen molar-refractivity contribution in [3.05, 3.63) is 84.2 Å². The fraction of sp³-hybridized carbons (Fsp3) is 0.125. The molecule has 0 unspecified atom stereocenters. The quantitative estimate of drug-likeness (QED) is 0.272. The number of anilines is 2. The molecule has 0 bridgehead atoms. The number of benzene rings is 2. The number of fused-ring (bicyclic) bond motifs is 1. The number of ether oxygens (including phenoxy) is 1. The number of hydrogen-bond donors (Lipinski definition) is 1. The van der Waals surface area contributed by atoms with Crippen LogP contribution in [-0.4, -0.2) is 29.7 Å². The minimum atomic E-state index is -2.77. The van der Waals surface area contributed by atoms with Crippen LogP contribution in [0.3, 0.4) is 0 Å². The molecule has 1 N–H and O–H groups in total. The average Bonchev–Trinajstić information content (AvgIpc) is 3.38. The average molecular weight is 512 g/mol. The summed E-state index contributed by atoms with van der Waals surface area (Å²) in [6, 6.07) is 9.27. The molecular weight excluding hydrogens is 495 g/mol. The Kier molecular flexibility index (Phi) is 6.38. The number of hydrogen-bond acceptors (Lipinski definition) is 7. The molecule has 0 aliphatic carbocycles. The van der Waals surface area contributed by atoms with Gasteiger partial charge in [0.15, 0.2) is 11.9 Å². The molecule has 0 aliphatic rings. The van der Waals surface area contributed by atoms with Crippen molar-refractivity contribution in [3.63, 3.8) is 0 Å². The zero-order chi connectivity index (χ0) is 25.2. The summed E-state index contributed by atoms with van der Waals surface area (Å²) >= 11 is 5.93. The van der Waals surface area contributed by atoms with Gasteiger partial charge in [0, 0.05) is 29.8 Å². The third-order valence-corrected chi connectivity index (χ3v) is 5.56. The monoisotopic (exact) mass is 511 g/mol. The summed E-state index contributed by atoms with van der Waals surface area (Å²) in [6.45, 7) is -0.995. The minimum absolute atomic E-state index is 0.0528. The molecule has 5 rings (SSSR count). The van der Waals surface area contributed by atoms with E-state index in [9.17, 15) is 13.2 Å². The highest BCUT2D eigenvalue weighted by Crippen LogP contribution is 2.38. The van der Waals surface area contributed by atoms with Crippen molar-refractivity contribution in [2.45, 2.75) is 19.6 Å². The van der Waals surface area contributed by atoms with Crippen molar-refractivity contribution in [3.8, 4) is 16.9 Å². The summed E-state index contributed by atoms with van der Waals surface area (Å²) in [5.41, 5.74) is 1.97. The number of nitrogens with one attached hydrogen (secondary N) is 1. The molecule has 36 heavy (non-hydrogen) atoms. The van der Waals surface area contributed by atoms with Crippen LogP contribution in [0.2, 0.25) is 5.02 Å². The molecule has 0 saturated heterocycles. The number of nitrogens with zero attached hydrogens (tertiary/aromatic N) is 6. The van der Waals surface area contributed by atoms with Crippen LogP contribution in [-0.2, 0) is 0 Å². The summed E-state index contributed by atoms with van der Waals surface area (Å²) in [7, 11) is 0. The number of rotatable bonds is 7. The first-order chi connectivity index (χ1) is 17.4. The highest BCUT2D eigenvalue weighted by atomic mass is 35.5. The maximum absolute atomic E-state index is 13.6. The zero-order valence-electron chi connectivity index (χ0n) is 18.6. The first-order valence-corrected chi connectivity index (χ1v) is 11.0. The maximum Gasteiger partial charge on any atom is 0.333 e. The van der Waals surface area contributed by atoms with Crippen molar-refractivity contribution in [1.82, 2.24) is 29.7 Å². The van der Waals surface area contributed by atoms with Crippen LogP contribution >= 0.6 is 11.6 Å². The lowest BCUT2D eigenvalue weighted by Gasteiger charge is -2.18. The van der Waals surface area contributed by atoms with Crippen LogP contribution in [0, 0.1) is 5.82 Å². The molecule has 3 heterocycles. The summed E-state index contributed by atoms with van der Waals surface area (Å²) in [5, 5.41) is 7.29. The van der Waals surface area contributed by atoms with Crippen LogP contribution in [0.5, 0.6) is 5.75 Å². The molecular formula is C24H17ClF3N7O. The SMILES string of the molecule is C[C@H](Oc1cc(-c2cnn(C(F)F)c2)cc2ncnc(Nc3ccc(F)c(Cl)c3)c12)c1ncccn1. The van der Waals surface area contributed by atoms with Crippen molar-refractivity contribution in [1.29, 1.82) is 0 Å². The van der Waals surface area contributed by atoms with Gasteiger partial charge in [-0.2, -0.15) is 13.9 Å². The Balaban J connectivity index is 1.63. The van der Waals surface area contributed by atoms with E-state index in [0.717, 1.165) is 0 Å². The molecule has 8 nitrogen and oxygen atoms in total. The molecule has 2 aromatic carbocycles. The second-order valence-corrected chi connectivity index (χ2v) is 8.11. The molecule has 3 aromatic heterocycles. The van der Waals surface area contributed by atoms with Crippen molar-refractivity contribution < 1.29 is 17.9 Å². The first kappa shape index (κ1) is 23.5. The van der Waals surface area contributed by atoms with E-state index in [4.69, 9.17) is 16.3 Å². The molecule has 12 heteroatoms. The van der Waals surface area contributed by atoms with Gasteiger partial charge in [0.2, 0.25) is 0 Å². The number of halogens is 4. The standard InChI is InChI=1S/C24H17ClF3N7O/c1-13(22-29-5-2-6-30-22)36-20-8-14(15-10-33-35(11-15)24(27)28)7-19-21(20)23(32-12-31-19)34-16-3-4-18(26)17(25)9-16/h2-13,24H,1H3,(H,31,32,34)/t13-/m0/s1. The third-order valence-electron chi connectivity index (χ3n) is 5.27. The molecule has 0 saturated carbocycles. The third kappa shape index (κ3) is 4.78. The number of aromatic nitrogens is 6. The molecule has 1 atom stereocenters. The van der Waals surface area contributed by atoms with Gasteiger partial charge in [0.05, 0.1) is 22.1 Å². The summed E-state index contributed by atoms with van der Waals surface area (Å²) in [4.78, 5) is 17.2. The van der Waals surface area contributed by atoms with E-state index in [0.29, 0.717) is 49.8 Å². The summed E-state index contributed by atoms with van der Waals surface area (Å²) < 4.78 is 46.7. The van der Waals surface area contributed by atoms with Crippen molar-refractivity contribution in [2.24, 2.45) is 0 Å². The Hall–Kier alpha value is -4.25. The van der Waals surface area contributed by atoms with E-state index < -0.39 is 18.5 Å². The zero-order valence-corrected chi connectivity index (χ0v) is 19.4. The highest BCUT2D eigenvalue weighted by Gasteiger charge is 2.19. The van der Waals surface area contributed by atoms with Gasteiger partial charge in [-0.25, -0.2) is 29.0 Å². The lowest BCUT2D eigenvalue weighted by Crippen LogP contribution is -2.08. The van der Waals surface area contributed by atoms with Gasteiger partial charge < -0.3 is 10.1 Å². The van der Waals surface area contributed by atoms with Gasteiger partial charge in [-0.1, -0.05) is 11.6 Å². The molecule has 0 amide bonds. The summed E-state index contributed by atoms with van der Waals surface area (Å²) in [6.07, 6.45) is 6.55. The van der Waals surface area contributed by atoms with Gasteiger partial charge in [-0.3, -0.25) is 0 Å². The van der Waals surface area contributed by atoms with E-state index >= 15 is 0 Å². The second kappa shape index (κ2) is 9.78. The lowest BCUT2D eigenvalue weighted by molar-refractivity contribution is 0.0566. The second-order valence-electron chi connectivity index (χ2n) is 7.70. The Morgan fingerprint density at radius 2 is 1.83 bits per heavy atom. The van der Waals surface area contributed by atoms with Crippen LogP contribution < -0.4 is 10.1 Å². The van der Waals surface area contributed by atoms with E-state index in [1.54, 1.807) is 37.5 Å². The topological polar surface area (TPSA) is 90.6 Å². The minimum Gasteiger partial charge on any atom is -0.482 e. The van der Waals surface area contributed by atoms with Gasteiger partial charge >= 0.3 is 6.55 Å². The highest BCUT2D eigenvalue weighted by molar-refractivity contribution is 6.31. The molecule has 5 aromatic rings. The van der Waals surface area contributed by atoms with Gasteiger partial charge in [-0.05, 0) is 48.9 Å². The Labute approximate surface area is 207 Å². The normalized spacial score (nSPS) is 12.2. The van der Waals surface area contributed by atoms with Crippen molar-refractivity contribution >= 4 is 34.0 Å². The number of alkyl halides is 2. The largest absolute Gasteiger partial charge is 0.482 e. The maximum atomic E-state index is 13.6. The van der Waals surface area contributed by atoms with E-state index in [1.165, 1.54) is 36.9 Å². The predicted octanol–water partition coefficient (Wildman–Crippen LogP) is 6.35. The Morgan fingerprint density at radius 1 is 1.03 bits per heavy atom. The lowest BCUT2D eigenvalue weighted by atomic mass is 10.1. The van der Waals surface area contributed by atoms with Gasteiger partial charge in [0.25, 0.3) is 0 Å². The van der Waals surface area contributed by atoms with Crippen LogP contribution in [0.15, 0.2) is 67.5 Å². The molecule has 182 valence electrons. The van der Waals surface area contributed by atoms with E-state index in [2.05, 4.69) is 30.4 Å². The fourth-order valence-corrected chi connectivity index (χ4v) is 3.76. The van der Waals surface area contributed by atoms with Gasteiger partial charge in [0.1, 0.15) is 23.7 Å². The van der Waals surface area contributed by atoms with E-state index in [-0.39, 0.29) is 5.02 Å². The van der Waals surface area contributed by atoms with Crippen LogP contribution in [0.1, 0.15) is 25.4 Å². The summed E-state index contributed by atoms with van der Waals surface area (Å²) in [5.74, 6) is 0.611. The van der Waals surface area contributed by atoms with E-state index in [1.807, 2.05) is 0 Å². The Morgan fingerprint density at radius 3 is 2.56 bits per heavy atom. The Bertz CT molecular complexity index is 1530. The van der Waals surface area contributed by atoms with Crippen LogP contribution in [0.4, 0.5) is 24.7 Å². The first-order valence-electron chi connectivity index (χ1n) is 10.7. The van der Waals surface area contributed by atoms with Crippen molar-refractivity contribution in [2.75, 3.05) is 5.32 Å². The molecule has 0 radical (unpaired) electrons. The predicted molar refractivity (Wildman–Crippen MR) is 128 cm³/mol. The van der Waals surface area contributed by atoms with Gasteiger partial charge in [-0.15, -0.1) is 0 Å². The smallest absolute Gasteiger partial charge is 0.333 e. The van der Waals surface area contributed by atoms with Crippen LogP contribution in [0.25, 0.3) is 22.0 Å². The fourth-order valence-electron chi connectivity index (χ4n) is 3.58.